The summed E-state index contributed by atoms with van der Waals surface area (Å²) >= 11 is 0. The third kappa shape index (κ3) is 14.4. The van der Waals surface area contributed by atoms with E-state index in [2.05, 4.69) is 18.8 Å². The second-order valence-electron chi connectivity index (χ2n) is 9.65. The molecule has 5 heteroatoms. The number of aliphatic hydroxyl groups excluding tert-OH is 1. The number of nitrogens with zero attached hydrogens (tertiary/aromatic N) is 1. The number of unbranched alkanes of at least 4 members (excludes halogenated alkanes) is 8. The van der Waals surface area contributed by atoms with Crippen LogP contribution in [0.2, 0.25) is 0 Å². The van der Waals surface area contributed by atoms with Crippen LogP contribution < -0.4 is 4.74 Å². The molecule has 0 saturated heterocycles. The summed E-state index contributed by atoms with van der Waals surface area (Å²) in [6.45, 7) is 5.67. The van der Waals surface area contributed by atoms with E-state index in [0.717, 1.165) is 54.9 Å². The van der Waals surface area contributed by atoms with Crippen molar-refractivity contribution >= 4 is 23.9 Å². The summed E-state index contributed by atoms with van der Waals surface area (Å²) in [7, 11) is 0. The number of ether oxygens (including phenoxy) is 2. The Kier molecular flexibility index (Phi) is 15.7. The van der Waals surface area contributed by atoms with Crippen molar-refractivity contribution in [2.45, 2.75) is 78.1 Å². The summed E-state index contributed by atoms with van der Waals surface area (Å²) < 4.78 is 11.1. The van der Waals surface area contributed by atoms with E-state index in [1.54, 1.807) is 6.08 Å². The van der Waals surface area contributed by atoms with Crippen molar-refractivity contribution in [2.24, 2.45) is 10.9 Å². The van der Waals surface area contributed by atoms with E-state index in [1.165, 1.54) is 44.6 Å². The van der Waals surface area contributed by atoms with E-state index < -0.39 is 0 Å². The quantitative estimate of drug-likeness (QED) is 0.0907. The van der Waals surface area contributed by atoms with Crippen LogP contribution in [0, 0.1) is 5.92 Å². The van der Waals surface area contributed by atoms with E-state index >= 15 is 0 Å². The Bertz CT molecular complexity index is 919. The molecule has 1 N–H and O–H groups in total. The maximum absolute atomic E-state index is 11.8. The van der Waals surface area contributed by atoms with Crippen molar-refractivity contribution in [3.05, 3.63) is 65.7 Å². The fourth-order valence-electron chi connectivity index (χ4n) is 3.67. The van der Waals surface area contributed by atoms with Gasteiger partial charge >= 0.3 is 5.97 Å². The van der Waals surface area contributed by atoms with Crippen molar-refractivity contribution in [1.82, 2.24) is 0 Å². The molecule has 2 rings (SSSR count). The second-order valence-corrected chi connectivity index (χ2v) is 9.65. The summed E-state index contributed by atoms with van der Waals surface area (Å²) in [5.74, 6) is 0.953. The highest BCUT2D eigenvalue weighted by molar-refractivity contribution is 5.87. The first-order valence-corrected chi connectivity index (χ1v) is 13.9. The van der Waals surface area contributed by atoms with Crippen molar-refractivity contribution in [1.29, 1.82) is 0 Å². The van der Waals surface area contributed by atoms with Gasteiger partial charge in [0, 0.05) is 18.9 Å². The SMILES string of the molecule is CC[C@H](C)COC(=O)/C=C/c1ccc(N=Cc2ccc(OCCCCCCCCCCCO)cc2)cc1. The summed E-state index contributed by atoms with van der Waals surface area (Å²) in [6.07, 6.45) is 16.8. The molecule has 0 aliphatic carbocycles. The van der Waals surface area contributed by atoms with Crippen LogP contribution in [0.25, 0.3) is 6.08 Å². The number of carbonyl (C=O) groups excluding carboxylic acids is 1. The van der Waals surface area contributed by atoms with Gasteiger partial charge in [0.1, 0.15) is 5.75 Å². The van der Waals surface area contributed by atoms with Gasteiger partial charge in [-0.1, -0.05) is 77.3 Å². The smallest absolute Gasteiger partial charge is 0.330 e. The first kappa shape index (κ1) is 30.3. The fourth-order valence-corrected chi connectivity index (χ4v) is 3.67. The molecular weight excluding hydrogens is 462 g/mol. The molecule has 0 aliphatic rings. The van der Waals surface area contributed by atoms with Crippen LogP contribution in [-0.4, -0.2) is 37.1 Å². The van der Waals surface area contributed by atoms with Gasteiger partial charge in [0.2, 0.25) is 0 Å². The van der Waals surface area contributed by atoms with Gasteiger partial charge in [-0.25, -0.2) is 4.79 Å². The van der Waals surface area contributed by atoms with Crippen LogP contribution in [0.4, 0.5) is 5.69 Å². The Hall–Kier alpha value is -2.92. The largest absolute Gasteiger partial charge is 0.494 e. The highest BCUT2D eigenvalue weighted by Gasteiger charge is 2.02. The number of aliphatic imine (C=N–C) groups is 1. The number of esters is 1. The van der Waals surface area contributed by atoms with E-state index in [1.807, 2.05) is 54.7 Å². The van der Waals surface area contributed by atoms with Crippen LogP contribution in [-0.2, 0) is 9.53 Å². The van der Waals surface area contributed by atoms with Gasteiger partial charge < -0.3 is 14.6 Å². The van der Waals surface area contributed by atoms with Crippen molar-refractivity contribution in [2.75, 3.05) is 19.8 Å². The average molecular weight is 508 g/mol. The minimum Gasteiger partial charge on any atom is -0.494 e. The molecule has 0 amide bonds. The lowest BCUT2D eigenvalue weighted by Crippen LogP contribution is -2.08. The highest BCUT2D eigenvalue weighted by atomic mass is 16.5. The Balaban J connectivity index is 1.63. The topological polar surface area (TPSA) is 68.1 Å². The third-order valence-electron chi connectivity index (χ3n) is 6.33. The Morgan fingerprint density at radius 1 is 0.865 bits per heavy atom. The van der Waals surface area contributed by atoms with Crippen LogP contribution in [0.5, 0.6) is 5.75 Å². The summed E-state index contributed by atoms with van der Waals surface area (Å²) in [6, 6.07) is 15.7. The van der Waals surface area contributed by atoms with Gasteiger partial charge in [-0.3, -0.25) is 4.99 Å². The normalized spacial score (nSPS) is 12.3. The molecule has 2 aromatic rings. The Labute approximate surface area is 223 Å². The third-order valence-corrected chi connectivity index (χ3v) is 6.33. The van der Waals surface area contributed by atoms with E-state index in [0.29, 0.717) is 19.1 Å². The van der Waals surface area contributed by atoms with E-state index in [-0.39, 0.29) is 5.97 Å². The molecule has 0 radical (unpaired) electrons. The number of hydrogen-bond acceptors (Lipinski definition) is 5. The standard InChI is InChI=1S/C32H45NO4/c1-3-27(2)26-37-32(35)22-17-28-13-18-30(19-14-28)33-25-29-15-20-31(21-16-29)36-24-12-10-8-6-4-5-7-9-11-23-34/h13-22,25,27,34H,3-12,23-24,26H2,1-2H3/b22-17+,33-25?/t27-/m0/s1. The fraction of sp³-hybridized carbons (Fsp3) is 0.500. The minimum absolute atomic E-state index is 0.313. The van der Waals surface area contributed by atoms with E-state index in [9.17, 15) is 4.79 Å². The predicted octanol–water partition coefficient (Wildman–Crippen LogP) is 7.92. The lowest BCUT2D eigenvalue weighted by Gasteiger charge is -2.07. The van der Waals surface area contributed by atoms with E-state index in [4.69, 9.17) is 14.6 Å². The van der Waals surface area contributed by atoms with Gasteiger partial charge in [-0.15, -0.1) is 0 Å². The summed E-state index contributed by atoms with van der Waals surface area (Å²) in [5, 5.41) is 8.78. The number of hydrogen-bond donors (Lipinski definition) is 1. The Morgan fingerprint density at radius 2 is 1.46 bits per heavy atom. The number of rotatable bonds is 19. The highest BCUT2D eigenvalue weighted by Crippen LogP contribution is 2.16. The van der Waals surface area contributed by atoms with Crippen LogP contribution in [0.1, 0.15) is 89.2 Å². The minimum atomic E-state index is -0.313. The van der Waals surface area contributed by atoms with Gasteiger partial charge in [0.25, 0.3) is 0 Å². The molecule has 0 heterocycles. The summed E-state index contributed by atoms with van der Waals surface area (Å²) in [5.41, 5.74) is 2.79. The summed E-state index contributed by atoms with van der Waals surface area (Å²) in [4.78, 5) is 16.3. The molecule has 0 spiro atoms. The molecule has 202 valence electrons. The molecule has 0 unspecified atom stereocenters. The molecule has 0 aromatic heterocycles. The first-order chi connectivity index (χ1) is 18.1. The molecule has 5 nitrogen and oxygen atoms in total. The first-order valence-electron chi connectivity index (χ1n) is 13.9. The van der Waals surface area contributed by atoms with Gasteiger partial charge in [0.15, 0.2) is 0 Å². The zero-order chi connectivity index (χ0) is 26.6. The number of carbonyl (C=O) groups is 1. The second kappa shape index (κ2) is 19.2. The Morgan fingerprint density at radius 3 is 2.08 bits per heavy atom. The predicted molar refractivity (Wildman–Crippen MR) is 154 cm³/mol. The molecule has 0 bridgehead atoms. The van der Waals surface area contributed by atoms with Gasteiger partial charge in [-0.05, 0) is 72.4 Å². The maximum atomic E-state index is 11.8. The molecule has 1 atom stereocenters. The monoisotopic (exact) mass is 507 g/mol. The van der Waals surface area contributed by atoms with Crippen molar-refractivity contribution < 1.29 is 19.4 Å². The van der Waals surface area contributed by atoms with Crippen LogP contribution >= 0.6 is 0 Å². The van der Waals surface area contributed by atoms with Gasteiger partial charge in [-0.2, -0.15) is 0 Å². The molecule has 0 fully saturated rings. The zero-order valence-electron chi connectivity index (χ0n) is 22.7. The number of benzene rings is 2. The zero-order valence-corrected chi connectivity index (χ0v) is 22.7. The van der Waals surface area contributed by atoms with Crippen molar-refractivity contribution in [3.63, 3.8) is 0 Å². The van der Waals surface area contributed by atoms with Gasteiger partial charge in [0.05, 0.1) is 18.9 Å². The number of aliphatic hydroxyl groups is 1. The lowest BCUT2D eigenvalue weighted by molar-refractivity contribution is -0.138. The molecular formula is C32H45NO4. The van der Waals surface area contributed by atoms with Crippen molar-refractivity contribution in [3.8, 4) is 5.75 Å². The molecule has 0 saturated carbocycles. The van der Waals surface area contributed by atoms with Crippen LogP contribution in [0.3, 0.4) is 0 Å². The maximum Gasteiger partial charge on any atom is 0.330 e. The lowest BCUT2D eigenvalue weighted by atomic mass is 10.1. The molecule has 2 aromatic carbocycles. The van der Waals surface area contributed by atoms with Crippen LogP contribution in [0.15, 0.2) is 59.6 Å². The molecule has 0 aliphatic heterocycles. The average Bonchev–Trinajstić information content (AvgIpc) is 2.93. The molecule has 37 heavy (non-hydrogen) atoms.